The predicted octanol–water partition coefficient (Wildman–Crippen LogP) is 4.35. The lowest BCUT2D eigenvalue weighted by atomic mass is 10.1. The van der Waals surface area contributed by atoms with Gasteiger partial charge in [0.25, 0.3) is 0 Å². The highest BCUT2D eigenvalue weighted by atomic mass is 32.2. The minimum Gasteiger partial charge on any atom is -0.481 e. The number of anilines is 1. The Morgan fingerprint density at radius 2 is 1.88 bits per heavy atom. The number of nitrogens with zero attached hydrogens (tertiary/aromatic N) is 3. The van der Waals surface area contributed by atoms with Gasteiger partial charge in [-0.15, -0.1) is 6.58 Å². The molecular formula is C19H27N3O2S. The monoisotopic (exact) mass is 361 g/mol. The molecule has 5 nitrogen and oxygen atoms in total. The number of hydrogen-bond donors (Lipinski definition) is 0. The first-order valence-electron chi connectivity index (χ1n) is 8.34. The fourth-order valence-electron chi connectivity index (χ4n) is 2.25. The van der Waals surface area contributed by atoms with Gasteiger partial charge in [-0.3, -0.25) is 4.31 Å². The van der Waals surface area contributed by atoms with E-state index in [2.05, 4.69) is 16.5 Å². The molecular weight excluding hydrogens is 334 g/mol. The van der Waals surface area contributed by atoms with Crippen LogP contribution in [0.2, 0.25) is 0 Å². The number of rotatable bonds is 7. The molecule has 0 aliphatic rings. The fraction of sp³-hybridized carbons (Fsp3) is 0.368. The Hall–Kier alpha value is -2.21. The third kappa shape index (κ3) is 5.13. The largest absolute Gasteiger partial charge is 0.481 e. The van der Waals surface area contributed by atoms with Crippen LogP contribution in [0.15, 0.2) is 54.2 Å². The van der Waals surface area contributed by atoms with Crippen molar-refractivity contribution in [3.05, 3.63) is 54.9 Å². The van der Waals surface area contributed by atoms with Crippen molar-refractivity contribution in [3.63, 3.8) is 0 Å². The average Bonchev–Trinajstić information content (AvgIpc) is 2.67. The van der Waals surface area contributed by atoms with Gasteiger partial charge in [-0.05, 0) is 18.1 Å². The van der Waals surface area contributed by atoms with E-state index in [9.17, 15) is 4.21 Å². The Morgan fingerprint density at radius 3 is 2.40 bits per heavy atom. The molecule has 0 radical (unpaired) electrons. The highest BCUT2D eigenvalue weighted by Crippen LogP contribution is 2.33. The summed E-state index contributed by atoms with van der Waals surface area (Å²) in [5, 5.41) is 0. The van der Waals surface area contributed by atoms with E-state index < -0.39 is 11.0 Å². The summed E-state index contributed by atoms with van der Waals surface area (Å²) >= 11 is 0. The van der Waals surface area contributed by atoms with Crippen LogP contribution in [0.4, 0.5) is 5.82 Å². The molecule has 1 aromatic carbocycles. The second kappa shape index (κ2) is 10.6. The van der Waals surface area contributed by atoms with Crippen LogP contribution in [0.25, 0.3) is 0 Å². The normalized spacial score (nSPS) is 11.3. The van der Waals surface area contributed by atoms with Crippen LogP contribution in [0.5, 0.6) is 5.88 Å². The van der Waals surface area contributed by atoms with Gasteiger partial charge in [0, 0.05) is 0 Å². The summed E-state index contributed by atoms with van der Waals surface area (Å²) in [5.74, 6) is 1.24. The predicted molar refractivity (Wildman–Crippen MR) is 104 cm³/mol. The number of aromatic nitrogens is 2. The number of hydrogen-bond acceptors (Lipinski definition) is 4. The molecule has 0 spiro atoms. The maximum atomic E-state index is 13.0. The molecule has 25 heavy (non-hydrogen) atoms. The molecule has 136 valence electrons. The summed E-state index contributed by atoms with van der Waals surface area (Å²) in [5.41, 5.74) is 0.834. The lowest BCUT2D eigenvalue weighted by molar-refractivity contribution is 0.389. The highest BCUT2D eigenvalue weighted by Gasteiger charge is 2.24. The zero-order valence-electron chi connectivity index (χ0n) is 15.6. The van der Waals surface area contributed by atoms with Crippen molar-refractivity contribution in [1.82, 2.24) is 9.97 Å². The Kier molecular flexibility index (Phi) is 8.84. The van der Waals surface area contributed by atoms with Crippen molar-refractivity contribution in [3.8, 4) is 5.88 Å². The fourth-order valence-corrected chi connectivity index (χ4v) is 3.44. The molecule has 0 aliphatic carbocycles. The van der Waals surface area contributed by atoms with Crippen molar-refractivity contribution in [2.75, 3.05) is 18.0 Å². The molecule has 6 heteroatoms. The van der Waals surface area contributed by atoms with Crippen LogP contribution < -0.4 is 9.04 Å². The van der Waals surface area contributed by atoms with E-state index in [1.54, 1.807) is 17.5 Å². The van der Waals surface area contributed by atoms with Crippen molar-refractivity contribution < 1.29 is 8.95 Å². The molecule has 1 aromatic heterocycles. The van der Waals surface area contributed by atoms with Gasteiger partial charge in [-0.2, -0.15) is 0 Å². The van der Waals surface area contributed by atoms with Gasteiger partial charge in [0.2, 0.25) is 5.88 Å². The van der Waals surface area contributed by atoms with Gasteiger partial charge < -0.3 is 4.74 Å². The van der Waals surface area contributed by atoms with E-state index in [4.69, 9.17) is 4.74 Å². The van der Waals surface area contributed by atoms with Gasteiger partial charge in [-0.25, -0.2) is 14.2 Å². The lowest BCUT2D eigenvalue weighted by Crippen LogP contribution is -2.28. The van der Waals surface area contributed by atoms with Crippen molar-refractivity contribution in [1.29, 1.82) is 0 Å². The molecule has 1 unspecified atom stereocenters. The smallest absolute Gasteiger partial charge is 0.221 e. The van der Waals surface area contributed by atoms with Gasteiger partial charge >= 0.3 is 0 Å². The third-order valence-corrected chi connectivity index (χ3v) is 4.67. The number of ether oxygens (including phenoxy) is 1. The molecule has 0 fully saturated rings. The van der Waals surface area contributed by atoms with Crippen LogP contribution in [-0.4, -0.2) is 27.8 Å². The van der Waals surface area contributed by atoms with Gasteiger partial charge in [0.1, 0.15) is 6.33 Å². The quantitative estimate of drug-likeness (QED) is 0.688. The minimum atomic E-state index is -1.39. The molecule has 2 rings (SSSR count). The van der Waals surface area contributed by atoms with Crippen molar-refractivity contribution in [2.24, 2.45) is 0 Å². The van der Waals surface area contributed by atoms with Crippen LogP contribution in [-0.2, 0) is 11.0 Å². The molecule has 0 N–H and O–H groups in total. The SMILES string of the molecule is C=CCN(c1ncnc(OC)c1C(C)C)S(=O)c1ccccc1.CC. The molecule has 0 aliphatic heterocycles. The Morgan fingerprint density at radius 1 is 1.24 bits per heavy atom. The van der Waals surface area contributed by atoms with Gasteiger partial charge in [0.05, 0.1) is 24.1 Å². The van der Waals surface area contributed by atoms with E-state index >= 15 is 0 Å². The molecule has 2 aromatic rings. The second-order valence-corrected chi connectivity index (χ2v) is 6.60. The first-order chi connectivity index (χ1) is 12.1. The lowest BCUT2D eigenvalue weighted by Gasteiger charge is -2.25. The molecule has 1 heterocycles. The summed E-state index contributed by atoms with van der Waals surface area (Å²) in [6.07, 6.45) is 3.14. The maximum absolute atomic E-state index is 13.0. The van der Waals surface area contributed by atoms with Gasteiger partial charge in [-0.1, -0.05) is 52.0 Å². The highest BCUT2D eigenvalue weighted by molar-refractivity contribution is 7.86. The minimum absolute atomic E-state index is 0.126. The zero-order valence-corrected chi connectivity index (χ0v) is 16.4. The second-order valence-electron chi connectivity index (χ2n) is 5.19. The molecule has 0 bridgehead atoms. The summed E-state index contributed by atoms with van der Waals surface area (Å²) in [6.45, 7) is 12.2. The third-order valence-electron chi connectivity index (χ3n) is 3.27. The standard InChI is InChI=1S/C17H21N3O2S.C2H6/c1-5-11-20(23(21)14-9-7-6-8-10-14)16-15(13(2)3)17(22-4)19-12-18-16;1-2/h5-10,12-13H,1,11H2,2-4H3;1-2H3. The van der Waals surface area contributed by atoms with Crippen LogP contribution in [0.1, 0.15) is 39.2 Å². The topological polar surface area (TPSA) is 55.3 Å². The molecule has 0 saturated carbocycles. The van der Waals surface area contributed by atoms with Crippen LogP contribution in [0.3, 0.4) is 0 Å². The summed E-state index contributed by atoms with van der Waals surface area (Å²) in [6, 6.07) is 9.29. The summed E-state index contributed by atoms with van der Waals surface area (Å²) in [4.78, 5) is 9.25. The Bertz CT molecular complexity index is 690. The first kappa shape index (κ1) is 20.8. The first-order valence-corrected chi connectivity index (χ1v) is 9.45. The van der Waals surface area contributed by atoms with E-state index in [-0.39, 0.29) is 5.92 Å². The van der Waals surface area contributed by atoms with E-state index in [0.717, 1.165) is 5.56 Å². The maximum Gasteiger partial charge on any atom is 0.221 e. The Labute approximate surface area is 153 Å². The zero-order chi connectivity index (χ0) is 18.8. The summed E-state index contributed by atoms with van der Waals surface area (Å²) in [7, 11) is 0.181. The molecule has 0 saturated heterocycles. The van der Waals surface area contributed by atoms with E-state index in [1.165, 1.54) is 6.33 Å². The summed E-state index contributed by atoms with van der Waals surface area (Å²) < 4.78 is 20.1. The van der Waals surface area contributed by atoms with Crippen molar-refractivity contribution >= 4 is 16.8 Å². The van der Waals surface area contributed by atoms with Crippen molar-refractivity contribution in [2.45, 2.75) is 38.5 Å². The number of methoxy groups -OCH3 is 1. The molecule has 0 amide bonds. The van der Waals surface area contributed by atoms with Crippen LogP contribution in [0, 0.1) is 0 Å². The van der Waals surface area contributed by atoms with E-state index in [0.29, 0.717) is 23.1 Å². The van der Waals surface area contributed by atoms with Crippen LogP contribution >= 0.6 is 0 Å². The Balaban J connectivity index is 0.00000151. The average molecular weight is 362 g/mol. The van der Waals surface area contributed by atoms with Gasteiger partial charge in [0.15, 0.2) is 16.8 Å². The molecule has 1 atom stereocenters. The number of benzene rings is 1. The van der Waals surface area contributed by atoms with E-state index in [1.807, 2.05) is 58.0 Å².